The number of thiazole rings is 1. The van der Waals surface area contributed by atoms with Crippen LogP contribution in [-0.2, 0) is 17.8 Å². The molecule has 0 bridgehead atoms. The van der Waals surface area contributed by atoms with Gasteiger partial charge in [-0.2, -0.15) is 0 Å². The Morgan fingerprint density at radius 3 is 2.61 bits per heavy atom. The van der Waals surface area contributed by atoms with Gasteiger partial charge >= 0.3 is 0 Å². The lowest BCUT2D eigenvalue weighted by atomic mass is 10.1. The molecule has 0 atom stereocenters. The molecule has 2 aromatic carbocycles. The summed E-state index contributed by atoms with van der Waals surface area (Å²) in [4.78, 5) is 19.0. The lowest BCUT2D eigenvalue weighted by molar-refractivity contribution is -0.130. The highest BCUT2D eigenvalue weighted by atomic mass is 32.1. The van der Waals surface area contributed by atoms with E-state index in [1.54, 1.807) is 17.0 Å². The molecule has 4 nitrogen and oxygen atoms in total. The minimum absolute atomic E-state index is 0.0283. The Bertz CT molecular complexity index is 953. The predicted octanol–water partition coefficient (Wildman–Crippen LogP) is 4.86. The zero-order valence-corrected chi connectivity index (χ0v) is 17.1. The number of nitrogens with zero attached hydrogens (tertiary/aromatic N) is 2. The second-order valence-corrected chi connectivity index (χ2v) is 7.42. The van der Waals surface area contributed by atoms with Crippen LogP contribution in [0.4, 0.5) is 4.39 Å². The monoisotopic (exact) mass is 398 g/mol. The highest BCUT2D eigenvalue weighted by Crippen LogP contribution is 2.24. The number of ether oxygens (including phenoxy) is 1. The van der Waals surface area contributed by atoms with E-state index in [0.29, 0.717) is 13.1 Å². The summed E-state index contributed by atoms with van der Waals surface area (Å²) < 4.78 is 18.8. The van der Waals surface area contributed by atoms with E-state index < -0.39 is 5.82 Å². The van der Waals surface area contributed by atoms with Crippen LogP contribution in [-0.4, -0.2) is 29.4 Å². The fourth-order valence-corrected chi connectivity index (χ4v) is 3.71. The molecule has 0 aliphatic heterocycles. The van der Waals surface area contributed by atoms with E-state index in [1.807, 2.05) is 43.5 Å². The molecule has 0 aliphatic rings. The van der Waals surface area contributed by atoms with Gasteiger partial charge in [-0.05, 0) is 31.5 Å². The fraction of sp³-hybridized carbons (Fsp3) is 0.273. The molecule has 1 amide bonds. The Labute approximate surface area is 168 Å². The van der Waals surface area contributed by atoms with Crippen molar-refractivity contribution >= 4 is 17.2 Å². The number of aryl methyl sites for hydroxylation is 1. The van der Waals surface area contributed by atoms with Crippen LogP contribution in [0.2, 0.25) is 0 Å². The van der Waals surface area contributed by atoms with Gasteiger partial charge in [-0.15, -0.1) is 11.3 Å². The highest BCUT2D eigenvalue weighted by molar-refractivity contribution is 7.13. The van der Waals surface area contributed by atoms with Crippen molar-refractivity contribution in [1.29, 1.82) is 0 Å². The first-order valence-electron chi connectivity index (χ1n) is 9.11. The molecule has 0 fully saturated rings. The van der Waals surface area contributed by atoms with Crippen LogP contribution >= 0.6 is 11.3 Å². The van der Waals surface area contributed by atoms with Crippen LogP contribution in [0, 0.1) is 12.7 Å². The molecular formula is C22H23FN2O2S. The van der Waals surface area contributed by atoms with Gasteiger partial charge in [0, 0.05) is 24.0 Å². The normalized spacial score (nSPS) is 10.7. The standard InChI is InChI=1S/C22H23FN2O2S/c1-4-25(13-16-7-10-20(27-3)19(23)11-16)21(26)12-18-14-28-22(24-18)17-8-5-15(2)6-9-17/h5-11,14H,4,12-13H2,1-3H3. The smallest absolute Gasteiger partial charge is 0.228 e. The average molecular weight is 399 g/mol. The van der Waals surface area contributed by atoms with Crippen LogP contribution in [0.1, 0.15) is 23.7 Å². The van der Waals surface area contributed by atoms with E-state index in [9.17, 15) is 9.18 Å². The van der Waals surface area contributed by atoms with Gasteiger partial charge in [0.25, 0.3) is 0 Å². The molecule has 0 spiro atoms. The number of aromatic nitrogens is 1. The van der Waals surface area contributed by atoms with Gasteiger partial charge < -0.3 is 9.64 Å². The lowest BCUT2D eigenvalue weighted by Gasteiger charge is -2.21. The zero-order chi connectivity index (χ0) is 20.1. The van der Waals surface area contributed by atoms with Crippen LogP contribution in [0.25, 0.3) is 10.6 Å². The number of carbonyl (C=O) groups is 1. The Morgan fingerprint density at radius 2 is 1.96 bits per heavy atom. The number of amides is 1. The topological polar surface area (TPSA) is 42.4 Å². The minimum Gasteiger partial charge on any atom is -0.494 e. The summed E-state index contributed by atoms with van der Waals surface area (Å²) in [6.45, 7) is 4.85. The number of likely N-dealkylation sites (N-methyl/N-ethyl adjacent to an activating group) is 1. The summed E-state index contributed by atoms with van der Waals surface area (Å²) in [6.07, 6.45) is 0.231. The molecule has 0 aliphatic carbocycles. The highest BCUT2D eigenvalue weighted by Gasteiger charge is 2.16. The molecular weight excluding hydrogens is 375 g/mol. The number of carbonyl (C=O) groups excluding carboxylic acids is 1. The largest absolute Gasteiger partial charge is 0.494 e. The third kappa shape index (κ3) is 4.75. The molecule has 0 N–H and O–H groups in total. The van der Waals surface area contributed by atoms with Crippen LogP contribution in [0.15, 0.2) is 47.8 Å². The van der Waals surface area contributed by atoms with Gasteiger partial charge in [0.05, 0.1) is 19.2 Å². The van der Waals surface area contributed by atoms with E-state index in [-0.39, 0.29) is 18.1 Å². The maximum absolute atomic E-state index is 13.9. The van der Waals surface area contributed by atoms with Gasteiger partial charge in [-0.1, -0.05) is 35.9 Å². The van der Waals surface area contributed by atoms with Gasteiger partial charge in [0.2, 0.25) is 5.91 Å². The van der Waals surface area contributed by atoms with Crippen molar-refractivity contribution in [3.05, 3.63) is 70.5 Å². The molecule has 0 saturated carbocycles. The van der Waals surface area contributed by atoms with Crippen molar-refractivity contribution in [3.8, 4) is 16.3 Å². The summed E-state index contributed by atoms with van der Waals surface area (Å²) >= 11 is 1.53. The molecule has 0 saturated heterocycles. The molecule has 3 aromatic rings. The first kappa shape index (κ1) is 20.0. The molecule has 0 radical (unpaired) electrons. The van der Waals surface area contributed by atoms with Gasteiger partial charge in [-0.25, -0.2) is 9.37 Å². The molecule has 6 heteroatoms. The maximum atomic E-state index is 13.9. The Kier molecular flexibility index (Phi) is 6.41. The Hall–Kier alpha value is -2.73. The van der Waals surface area contributed by atoms with Crippen LogP contribution in [0.3, 0.4) is 0 Å². The van der Waals surface area contributed by atoms with E-state index in [2.05, 4.69) is 4.98 Å². The van der Waals surface area contributed by atoms with E-state index in [1.165, 1.54) is 30.1 Å². The fourth-order valence-electron chi connectivity index (χ4n) is 2.89. The van der Waals surface area contributed by atoms with Crippen LogP contribution in [0.5, 0.6) is 5.75 Å². The van der Waals surface area contributed by atoms with Gasteiger partial charge in [-0.3, -0.25) is 4.79 Å². The number of hydrogen-bond acceptors (Lipinski definition) is 4. The maximum Gasteiger partial charge on any atom is 0.228 e. The van der Waals surface area contributed by atoms with Crippen molar-refractivity contribution in [1.82, 2.24) is 9.88 Å². The zero-order valence-electron chi connectivity index (χ0n) is 16.2. The summed E-state index contributed by atoms with van der Waals surface area (Å²) in [6, 6.07) is 12.9. The van der Waals surface area contributed by atoms with E-state index >= 15 is 0 Å². The third-order valence-electron chi connectivity index (χ3n) is 4.51. The van der Waals surface area contributed by atoms with Crippen molar-refractivity contribution in [2.45, 2.75) is 26.8 Å². The molecule has 146 valence electrons. The summed E-state index contributed by atoms with van der Waals surface area (Å²) in [5.74, 6) is -0.255. The third-order valence-corrected chi connectivity index (χ3v) is 5.45. The van der Waals surface area contributed by atoms with Crippen molar-refractivity contribution < 1.29 is 13.9 Å². The summed E-state index contributed by atoms with van der Waals surface area (Å²) in [5, 5.41) is 2.83. The number of hydrogen-bond donors (Lipinski definition) is 0. The van der Waals surface area contributed by atoms with E-state index in [0.717, 1.165) is 21.8 Å². The van der Waals surface area contributed by atoms with Crippen molar-refractivity contribution in [3.63, 3.8) is 0 Å². The number of halogens is 1. The first-order valence-corrected chi connectivity index (χ1v) is 9.99. The summed E-state index contributed by atoms with van der Waals surface area (Å²) in [7, 11) is 1.43. The second-order valence-electron chi connectivity index (χ2n) is 6.56. The molecule has 0 unspecified atom stereocenters. The number of methoxy groups -OCH3 is 1. The molecule has 28 heavy (non-hydrogen) atoms. The quantitative estimate of drug-likeness (QED) is 0.571. The van der Waals surface area contributed by atoms with E-state index in [4.69, 9.17) is 4.74 Å². The first-order chi connectivity index (χ1) is 13.5. The summed E-state index contributed by atoms with van der Waals surface area (Å²) in [5.41, 5.74) is 3.73. The Balaban J connectivity index is 1.67. The molecule has 1 aromatic heterocycles. The predicted molar refractivity (Wildman–Crippen MR) is 110 cm³/mol. The van der Waals surface area contributed by atoms with Crippen molar-refractivity contribution in [2.24, 2.45) is 0 Å². The van der Waals surface area contributed by atoms with Gasteiger partial charge in [0.1, 0.15) is 5.01 Å². The van der Waals surface area contributed by atoms with Crippen molar-refractivity contribution in [2.75, 3.05) is 13.7 Å². The lowest BCUT2D eigenvalue weighted by Crippen LogP contribution is -2.31. The minimum atomic E-state index is -0.425. The molecule has 1 heterocycles. The Morgan fingerprint density at radius 1 is 1.21 bits per heavy atom. The number of benzene rings is 2. The van der Waals surface area contributed by atoms with Gasteiger partial charge in [0.15, 0.2) is 11.6 Å². The SMILES string of the molecule is CCN(Cc1ccc(OC)c(F)c1)C(=O)Cc1csc(-c2ccc(C)cc2)n1. The average Bonchev–Trinajstić information content (AvgIpc) is 3.15. The molecule has 3 rings (SSSR count). The number of rotatable bonds is 7. The van der Waals surface area contributed by atoms with Crippen LogP contribution < -0.4 is 4.74 Å². The second kappa shape index (κ2) is 8.97.